The minimum atomic E-state index is -4.83. The lowest BCUT2D eigenvalue weighted by Gasteiger charge is -2.29. The molecule has 0 atom stereocenters. The number of nitro benzene ring substituents is 1. The van der Waals surface area contributed by atoms with Gasteiger partial charge in [-0.2, -0.15) is 13.2 Å². The van der Waals surface area contributed by atoms with E-state index in [1.54, 1.807) is 6.07 Å². The van der Waals surface area contributed by atoms with Crippen LogP contribution in [0.3, 0.4) is 0 Å². The Balaban J connectivity index is 1.25. The number of amides is 1. The van der Waals surface area contributed by atoms with Gasteiger partial charge in [-0.1, -0.05) is 11.6 Å². The highest BCUT2D eigenvalue weighted by Gasteiger charge is 2.38. The summed E-state index contributed by atoms with van der Waals surface area (Å²) in [5, 5.41) is 17.7. The fraction of sp³-hybridized carbons (Fsp3) is 0.360. The van der Waals surface area contributed by atoms with Crippen molar-refractivity contribution in [2.75, 3.05) is 17.2 Å². The van der Waals surface area contributed by atoms with Gasteiger partial charge in [-0.15, -0.1) is 0 Å². The number of fused-ring (bicyclic) bond motifs is 1. The van der Waals surface area contributed by atoms with Crippen molar-refractivity contribution in [2.24, 2.45) is 0 Å². The van der Waals surface area contributed by atoms with Gasteiger partial charge in [0.1, 0.15) is 18.0 Å². The Morgan fingerprint density at radius 3 is 2.56 bits per heavy atom. The van der Waals surface area contributed by atoms with Crippen LogP contribution in [-0.4, -0.2) is 34.6 Å². The third-order valence-electron chi connectivity index (χ3n) is 6.11. The van der Waals surface area contributed by atoms with Gasteiger partial charge in [-0.3, -0.25) is 14.9 Å². The molecule has 190 valence electrons. The second kappa shape index (κ2) is 10.5. The van der Waals surface area contributed by atoms with Gasteiger partial charge >= 0.3 is 6.18 Å². The molecule has 0 spiro atoms. The molecule has 0 bridgehead atoms. The second-order valence-electron chi connectivity index (χ2n) is 8.86. The Hall–Kier alpha value is -3.73. The van der Waals surface area contributed by atoms with E-state index >= 15 is 0 Å². The molecule has 0 unspecified atom stereocenters. The molecular weight excluding hydrogens is 477 g/mol. The average molecular weight is 502 g/mol. The molecule has 2 N–H and O–H groups in total. The highest BCUT2D eigenvalue weighted by atomic mass is 19.4. The summed E-state index contributed by atoms with van der Waals surface area (Å²) in [5.74, 6) is 0.119. The molecule has 1 aliphatic carbocycles. The van der Waals surface area contributed by atoms with Crippen molar-refractivity contribution in [3.05, 3.63) is 69.8 Å². The van der Waals surface area contributed by atoms with Crippen molar-refractivity contribution in [1.29, 1.82) is 0 Å². The zero-order valence-electron chi connectivity index (χ0n) is 19.5. The van der Waals surface area contributed by atoms with Crippen molar-refractivity contribution in [2.45, 2.75) is 50.9 Å². The number of hydrogen-bond donors (Lipinski definition) is 2. The number of anilines is 2. The van der Waals surface area contributed by atoms with E-state index in [0.717, 1.165) is 28.6 Å². The maximum Gasteiger partial charge on any atom is 0.423 e. The van der Waals surface area contributed by atoms with Crippen LogP contribution in [0.25, 0.3) is 10.9 Å². The van der Waals surface area contributed by atoms with E-state index in [1.807, 2.05) is 31.2 Å². The second-order valence-corrected chi connectivity index (χ2v) is 8.86. The number of aromatic nitrogens is 1. The first-order valence-corrected chi connectivity index (χ1v) is 11.5. The number of pyridine rings is 1. The predicted octanol–water partition coefficient (Wildman–Crippen LogP) is 5.85. The van der Waals surface area contributed by atoms with Crippen LogP contribution in [0.1, 0.15) is 36.8 Å². The van der Waals surface area contributed by atoms with Gasteiger partial charge in [-0.25, -0.2) is 4.98 Å². The normalized spacial score (nSPS) is 18.1. The maximum atomic E-state index is 13.2. The van der Waals surface area contributed by atoms with E-state index in [0.29, 0.717) is 31.5 Å². The Morgan fingerprint density at radius 2 is 1.86 bits per heavy atom. The number of benzene rings is 2. The first-order chi connectivity index (χ1) is 17.1. The molecule has 0 radical (unpaired) electrons. The molecule has 8 nitrogen and oxygen atoms in total. The van der Waals surface area contributed by atoms with Crippen molar-refractivity contribution in [3.8, 4) is 0 Å². The lowest BCUT2D eigenvalue weighted by molar-refractivity contribution is -0.388. The minimum absolute atomic E-state index is 0.105. The number of ether oxygens (including phenoxy) is 1. The smallest absolute Gasteiger partial charge is 0.382 e. The molecular formula is C25H25F3N4O4. The van der Waals surface area contributed by atoms with Gasteiger partial charge in [0.05, 0.1) is 16.5 Å². The number of hydrogen-bond acceptors (Lipinski definition) is 6. The Labute approximate surface area is 205 Å². The van der Waals surface area contributed by atoms with Crippen molar-refractivity contribution >= 4 is 34.0 Å². The standard InChI is InChI=1S/C25H25F3N4O4/c1-15-2-9-21-16(12-15)3-11-23(30-21)31-24(33)14-36-19-7-4-17(5-8-19)29-18-6-10-22(32(34)35)20(13-18)25(26,27)28/h2-3,6,9-13,17,19,29H,4-5,7-8,14H2,1H3,(H,30,31,33)/t17-,19-. The molecule has 3 aromatic rings. The highest BCUT2D eigenvalue weighted by Crippen LogP contribution is 2.38. The molecule has 36 heavy (non-hydrogen) atoms. The van der Waals surface area contributed by atoms with Crippen LogP contribution in [0.15, 0.2) is 48.5 Å². The van der Waals surface area contributed by atoms with E-state index < -0.39 is 22.4 Å². The fourth-order valence-corrected chi connectivity index (χ4v) is 4.31. The summed E-state index contributed by atoms with van der Waals surface area (Å²) in [5.41, 5.74) is -0.178. The Morgan fingerprint density at radius 1 is 1.11 bits per heavy atom. The summed E-state index contributed by atoms with van der Waals surface area (Å²) in [6, 6.07) is 12.3. The number of rotatable bonds is 7. The van der Waals surface area contributed by atoms with Gasteiger partial charge in [-0.05, 0) is 69.0 Å². The largest absolute Gasteiger partial charge is 0.423 e. The summed E-state index contributed by atoms with van der Waals surface area (Å²) in [4.78, 5) is 26.6. The molecule has 0 saturated heterocycles. The fourth-order valence-electron chi connectivity index (χ4n) is 4.31. The molecule has 1 amide bonds. The van der Waals surface area contributed by atoms with E-state index in [4.69, 9.17) is 4.74 Å². The molecule has 4 rings (SSSR count). The predicted molar refractivity (Wildman–Crippen MR) is 129 cm³/mol. The number of nitrogens with one attached hydrogen (secondary N) is 2. The van der Waals surface area contributed by atoms with Gasteiger partial charge < -0.3 is 15.4 Å². The molecule has 2 aromatic carbocycles. The number of carbonyl (C=O) groups is 1. The summed E-state index contributed by atoms with van der Waals surface area (Å²) in [7, 11) is 0. The molecule has 11 heteroatoms. The van der Waals surface area contributed by atoms with E-state index in [9.17, 15) is 28.1 Å². The van der Waals surface area contributed by atoms with Gasteiger partial charge in [0.2, 0.25) is 0 Å². The first-order valence-electron chi connectivity index (χ1n) is 11.5. The lowest BCUT2D eigenvalue weighted by atomic mass is 9.92. The van der Waals surface area contributed by atoms with Gasteiger partial charge in [0.15, 0.2) is 0 Å². The third kappa shape index (κ3) is 6.28. The SMILES string of the molecule is Cc1ccc2nc(NC(=O)CO[C@H]3CC[C@H](Nc4ccc([N+](=O)[O-])c(C(F)(F)F)c4)CC3)ccc2c1. The zero-order chi connectivity index (χ0) is 25.9. The minimum Gasteiger partial charge on any atom is -0.382 e. The van der Waals surface area contributed by atoms with Crippen molar-refractivity contribution in [1.82, 2.24) is 4.98 Å². The highest BCUT2D eigenvalue weighted by molar-refractivity contribution is 5.92. The first kappa shape index (κ1) is 25.4. The monoisotopic (exact) mass is 502 g/mol. The number of nitrogens with zero attached hydrogens (tertiary/aromatic N) is 2. The van der Waals surface area contributed by atoms with Gasteiger partial charge in [0, 0.05) is 23.2 Å². The number of carbonyl (C=O) groups excluding carboxylic acids is 1. The number of alkyl halides is 3. The summed E-state index contributed by atoms with van der Waals surface area (Å²) >= 11 is 0. The summed E-state index contributed by atoms with van der Waals surface area (Å²) in [6.45, 7) is 1.86. The Kier molecular flexibility index (Phi) is 7.39. The van der Waals surface area contributed by atoms with E-state index in [1.165, 1.54) is 6.07 Å². The molecule has 1 saturated carbocycles. The quantitative estimate of drug-likeness (QED) is 0.310. The molecule has 1 aromatic heterocycles. The molecule has 1 fully saturated rings. The maximum absolute atomic E-state index is 13.2. The topological polar surface area (TPSA) is 106 Å². The zero-order valence-corrected chi connectivity index (χ0v) is 19.5. The molecule has 1 aliphatic rings. The van der Waals surface area contributed by atoms with Crippen molar-refractivity contribution in [3.63, 3.8) is 0 Å². The van der Waals surface area contributed by atoms with Crippen LogP contribution >= 0.6 is 0 Å². The number of halogens is 3. The van der Waals surface area contributed by atoms with Crippen molar-refractivity contribution < 1.29 is 27.6 Å². The lowest BCUT2D eigenvalue weighted by Crippen LogP contribution is -2.31. The number of nitro groups is 1. The van der Waals surface area contributed by atoms with Gasteiger partial charge in [0.25, 0.3) is 11.6 Å². The number of aryl methyl sites for hydroxylation is 1. The van der Waals surface area contributed by atoms with Crippen LogP contribution in [-0.2, 0) is 15.7 Å². The van der Waals surface area contributed by atoms with Crippen LogP contribution in [0.2, 0.25) is 0 Å². The van der Waals surface area contributed by atoms with E-state index in [2.05, 4.69) is 15.6 Å². The molecule has 0 aliphatic heterocycles. The van der Waals surface area contributed by atoms with E-state index in [-0.39, 0.29) is 30.3 Å². The molecule has 1 heterocycles. The average Bonchev–Trinajstić information content (AvgIpc) is 2.83. The Bertz CT molecular complexity index is 1270. The van der Waals surface area contributed by atoms with Crippen LogP contribution in [0.5, 0.6) is 0 Å². The van der Waals surface area contributed by atoms with Crippen LogP contribution in [0.4, 0.5) is 30.4 Å². The summed E-state index contributed by atoms with van der Waals surface area (Å²) in [6.07, 6.45) is -2.49. The third-order valence-corrected chi connectivity index (χ3v) is 6.11. The van der Waals surface area contributed by atoms with Crippen LogP contribution < -0.4 is 10.6 Å². The summed E-state index contributed by atoms with van der Waals surface area (Å²) < 4.78 is 45.3. The van der Waals surface area contributed by atoms with Crippen LogP contribution in [0, 0.1) is 17.0 Å².